The second-order valence-corrected chi connectivity index (χ2v) is 12.1. The van der Waals surface area contributed by atoms with Crippen LogP contribution in [0.15, 0.2) is 82.6 Å². The lowest BCUT2D eigenvalue weighted by atomic mass is 9.82. The van der Waals surface area contributed by atoms with E-state index in [1.807, 2.05) is 36.4 Å². The number of amides is 2. The summed E-state index contributed by atoms with van der Waals surface area (Å²) in [5.74, 6) is -2.02. The third-order valence-electron chi connectivity index (χ3n) is 7.02. The van der Waals surface area contributed by atoms with Gasteiger partial charge in [0, 0.05) is 21.4 Å². The van der Waals surface area contributed by atoms with Crippen LogP contribution in [0.4, 0.5) is 5.69 Å². The Morgan fingerprint density at radius 2 is 1.71 bits per heavy atom. The van der Waals surface area contributed by atoms with E-state index in [0.717, 1.165) is 16.9 Å². The van der Waals surface area contributed by atoms with Crippen molar-refractivity contribution in [3.63, 3.8) is 0 Å². The van der Waals surface area contributed by atoms with Crippen LogP contribution in [-0.2, 0) is 20.9 Å². The van der Waals surface area contributed by atoms with Gasteiger partial charge in [-0.2, -0.15) is 0 Å². The molecule has 2 aliphatic rings. The highest BCUT2D eigenvalue weighted by atomic mass is 35.5. The summed E-state index contributed by atoms with van der Waals surface area (Å²) in [5.41, 5.74) is 2.32. The van der Waals surface area contributed by atoms with Gasteiger partial charge in [0.25, 0.3) is 0 Å². The number of thioether (sulfide) groups is 1. The van der Waals surface area contributed by atoms with Crippen molar-refractivity contribution < 1.29 is 23.9 Å². The maximum Gasteiger partial charge on any atom is 0.338 e. The van der Waals surface area contributed by atoms with Crippen molar-refractivity contribution in [1.82, 2.24) is 4.98 Å². The number of aromatic amines is 1. The SMILES string of the molecule is CCOC(=O)c1ccc(N2C(=O)C3Sc4[nH]c(=O)sc4C(c4ccccc4OCc4ccc(Cl)cc4)C3C2=O)cc1. The number of halogens is 1. The molecule has 1 aromatic heterocycles. The molecule has 0 aliphatic carbocycles. The van der Waals surface area contributed by atoms with Crippen molar-refractivity contribution in [1.29, 1.82) is 0 Å². The molecule has 1 fully saturated rings. The van der Waals surface area contributed by atoms with E-state index in [2.05, 4.69) is 4.98 Å². The molecule has 0 bridgehead atoms. The van der Waals surface area contributed by atoms with E-state index in [-0.39, 0.29) is 29.9 Å². The summed E-state index contributed by atoms with van der Waals surface area (Å²) in [7, 11) is 0. The Morgan fingerprint density at radius 3 is 2.44 bits per heavy atom. The van der Waals surface area contributed by atoms with Gasteiger partial charge in [0.2, 0.25) is 11.8 Å². The van der Waals surface area contributed by atoms with E-state index in [4.69, 9.17) is 21.1 Å². The van der Waals surface area contributed by atoms with Gasteiger partial charge in [-0.25, -0.2) is 9.69 Å². The lowest BCUT2D eigenvalue weighted by Gasteiger charge is -2.30. The number of anilines is 1. The normalized spacial score (nSPS) is 19.6. The standard InChI is InChI=1S/C30H23ClN2O6S2/c1-2-38-29(36)17-9-13-19(14-10-17)33-27(34)23-22(24-26(32-30(37)41-24)40-25(23)28(33)35)20-5-3-4-6-21(20)39-15-16-7-11-18(31)12-8-16/h3-14,22-23,25H,2,15H2,1H3,(H,32,37). The number of H-pyrrole nitrogens is 1. The second kappa shape index (κ2) is 11.2. The molecular formula is C30H23ClN2O6S2. The van der Waals surface area contributed by atoms with Crippen LogP contribution in [-0.4, -0.2) is 34.6 Å². The lowest BCUT2D eigenvalue weighted by molar-refractivity contribution is -0.122. The van der Waals surface area contributed by atoms with E-state index in [0.29, 0.717) is 37.5 Å². The van der Waals surface area contributed by atoms with Crippen LogP contribution < -0.4 is 14.5 Å². The molecule has 3 unspecified atom stereocenters. The van der Waals surface area contributed by atoms with Gasteiger partial charge >= 0.3 is 10.8 Å². The van der Waals surface area contributed by atoms with Crippen LogP contribution in [0.3, 0.4) is 0 Å². The number of thiazole rings is 1. The molecular weight excluding hydrogens is 584 g/mol. The minimum atomic E-state index is -0.767. The third kappa shape index (κ3) is 5.07. The van der Waals surface area contributed by atoms with Crippen molar-refractivity contribution in [3.05, 3.63) is 109 Å². The van der Waals surface area contributed by atoms with Crippen molar-refractivity contribution in [3.8, 4) is 5.75 Å². The summed E-state index contributed by atoms with van der Waals surface area (Å²) in [5, 5.41) is 0.456. The molecule has 6 rings (SSSR count). The minimum absolute atomic E-state index is 0.239. The Morgan fingerprint density at radius 1 is 0.976 bits per heavy atom. The van der Waals surface area contributed by atoms with Gasteiger partial charge < -0.3 is 14.5 Å². The highest BCUT2D eigenvalue weighted by Crippen LogP contribution is 2.54. The number of imide groups is 1. The first-order valence-corrected chi connectivity index (χ1v) is 14.9. The van der Waals surface area contributed by atoms with Crippen LogP contribution in [0, 0.1) is 5.92 Å². The molecule has 1 saturated heterocycles. The second-order valence-electron chi connectivity index (χ2n) is 9.48. The molecule has 3 heterocycles. The predicted octanol–water partition coefficient (Wildman–Crippen LogP) is 5.64. The average molecular weight is 607 g/mol. The number of hydrogen-bond acceptors (Lipinski definition) is 8. The van der Waals surface area contributed by atoms with Crippen molar-refractivity contribution in [2.45, 2.75) is 29.7 Å². The number of benzene rings is 3. The zero-order valence-corrected chi connectivity index (χ0v) is 24.1. The van der Waals surface area contributed by atoms with Gasteiger partial charge in [0.15, 0.2) is 0 Å². The number of para-hydroxylation sites is 1. The summed E-state index contributed by atoms with van der Waals surface area (Å²) in [4.78, 5) is 56.8. The molecule has 0 spiro atoms. The third-order valence-corrected chi connectivity index (χ3v) is 9.68. The molecule has 3 atom stereocenters. The van der Waals surface area contributed by atoms with Gasteiger partial charge in [-0.05, 0) is 55.0 Å². The highest BCUT2D eigenvalue weighted by Gasteiger charge is 2.56. The molecule has 41 heavy (non-hydrogen) atoms. The number of carbonyl (C=O) groups excluding carboxylic acids is 3. The van der Waals surface area contributed by atoms with Gasteiger partial charge in [-0.1, -0.05) is 65.0 Å². The first-order chi connectivity index (χ1) is 19.9. The number of carbonyl (C=O) groups is 3. The van der Waals surface area contributed by atoms with Crippen LogP contribution in [0.25, 0.3) is 0 Å². The number of nitrogens with one attached hydrogen (secondary N) is 1. The number of nitrogens with zero attached hydrogens (tertiary/aromatic N) is 1. The van der Waals surface area contributed by atoms with E-state index in [1.165, 1.54) is 28.8 Å². The molecule has 4 aromatic rings. The quantitative estimate of drug-likeness (QED) is 0.214. The highest BCUT2D eigenvalue weighted by molar-refractivity contribution is 8.00. The van der Waals surface area contributed by atoms with E-state index >= 15 is 0 Å². The topological polar surface area (TPSA) is 106 Å². The van der Waals surface area contributed by atoms with Crippen molar-refractivity contribution in [2.24, 2.45) is 5.92 Å². The van der Waals surface area contributed by atoms with Gasteiger partial charge in [-0.3, -0.25) is 14.4 Å². The lowest BCUT2D eigenvalue weighted by Crippen LogP contribution is -2.32. The largest absolute Gasteiger partial charge is 0.489 e. The minimum Gasteiger partial charge on any atom is -0.489 e. The first-order valence-electron chi connectivity index (χ1n) is 12.9. The fourth-order valence-corrected chi connectivity index (χ4v) is 7.81. The van der Waals surface area contributed by atoms with E-state index in [1.54, 1.807) is 31.2 Å². The monoisotopic (exact) mass is 606 g/mol. The van der Waals surface area contributed by atoms with Gasteiger partial charge in [-0.15, -0.1) is 0 Å². The molecule has 2 amide bonds. The fourth-order valence-electron chi connectivity index (χ4n) is 5.18. The maximum absolute atomic E-state index is 14.1. The number of hydrogen-bond donors (Lipinski definition) is 1. The van der Waals surface area contributed by atoms with Crippen molar-refractivity contribution >= 4 is 58.2 Å². The molecule has 208 valence electrons. The van der Waals surface area contributed by atoms with Crippen molar-refractivity contribution in [2.75, 3.05) is 11.5 Å². The first kappa shape index (κ1) is 27.3. The summed E-state index contributed by atoms with van der Waals surface area (Å²) in [6.07, 6.45) is 0. The Labute approximate surface area is 248 Å². The Hall–Kier alpha value is -3.86. The molecule has 1 N–H and O–H groups in total. The number of fused-ring (bicyclic) bond motifs is 2. The molecule has 3 aromatic carbocycles. The smallest absolute Gasteiger partial charge is 0.338 e. The summed E-state index contributed by atoms with van der Waals surface area (Å²) in [6, 6.07) is 20.9. The van der Waals surface area contributed by atoms with Crippen LogP contribution in [0.1, 0.15) is 39.2 Å². The number of aromatic nitrogens is 1. The maximum atomic E-state index is 14.1. The Kier molecular flexibility index (Phi) is 7.46. The van der Waals surface area contributed by atoms with Crippen LogP contribution in [0.5, 0.6) is 5.75 Å². The molecule has 2 aliphatic heterocycles. The number of esters is 1. The molecule has 8 nitrogen and oxygen atoms in total. The number of ether oxygens (including phenoxy) is 2. The molecule has 11 heteroatoms. The van der Waals surface area contributed by atoms with E-state index < -0.39 is 23.1 Å². The Bertz CT molecular complexity index is 1700. The zero-order chi connectivity index (χ0) is 28.7. The summed E-state index contributed by atoms with van der Waals surface area (Å²) in [6.45, 7) is 2.23. The number of rotatable bonds is 7. The zero-order valence-electron chi connectivity index (χ0n) is 21.7. The fraction of sp³-hybridized carbons (Fsp3) is 0.200. The predicted molar refractivity (Wildman–Crippen MR) is 157 cm³/mol. The van der Waals surface area contributed by atoms with E-state index in [9.17, 15) is 19.2 Å². The van der Waals surface area contributed by atoms with Crippen LogP contribution >= 0.6 is 34.7 Å². The Balaban J connectivity index is 1.37. The molecule has 0 saturated carbocycles. The average Bonchev–Trinajstić information content (AvgIpc) is 3.47. The summed E-state index contributed by atoms with van der Waals surface area (Å²) >= 11 is 8.26. The molecule has 0 radical (unpaired) electrons. The van der Waals surface area contributed by atoms with Gasteiger partial charge in [0.1, 0.15) is 17.6 Å². The summed E-state index contributed by atoms with van der Waals surface area (Å²) < 4.78 is 11.3. The van der Waals surface area contributed by atoms with Crippen LogP contribution in [0.2, 0.25) is 5.02 Å². The van der Waals surface area contributed by atoms with Gasteiger partial charge in [0.05, 0.1) is 28.8 Å².